The van der Waals surface area contributed by atoms with Gasteiger partial charge in [-0.25, -0.2) is 0 Å². The van der Waals surface area contributed by atoms with Gasteiger partial charge in [-0.3, -0.25) is 0 Å². The van der Waals surface area contributed by atoms with Gasteiger partial charge in [-0.2, -0.15) is 0 Å². The molecule has 0 aromatic heterocycles. The molecule has 0 atom stereocenters. The van der Waals surface area contributed by atoms with E-state index in [9.17, 15) is 0 Å². The van der Waals surface area contributed by atoms with E-state index >= 15 is 0 Å². The van der Waals surface area contributed by atoms with Crippen molar-refractivity contribution in [3.05, 3.63) is 12.2 Å². The van der Waals surface area contributed by atoms with Gasteiger partial charge in [-0.15, -0.1) is 0 Å². The summed E-state index contributed by atoms with van der Waals surface area (Å²) in [5, 5.41) is 0. The highest BCUT2D eigenvalue weighted by Gasteiger charge is 1.66. The highest BCUT2D eigenvalue weighted by Crippen LogP contribution is 1.87. The highest BCUT2D eigenvalue weighted by atomic mass is 127. The molecule has 1 heteroatoms. The van der Waals surface area contributed by atoms with Crippen molar-refractivity contribution in [3.63, 3.8) is 0 Å². The average molecular weight is 196 g/mol. The lowest BCUT2D eigenvalue weighted by Gasteiger charge is -1.74. The molecule has 0 aliphatic rings. The van der Waals surface area contributed by atoms with Crippen molar-refractivity contribution in [2.75, 3.05) is 4.43 Å². The van der Waals surface area contributed by atoms with Crippen LogP contribution in [0.15, 0.2) is 12.2 Å². The number of halogens is 1. The SMILES string of the molecule is C/C=C\CCI. The zero-order valence-electron chi connectivity index (χ0n) is 3.95. The molecule has 0 N–H and O–H groups in total. The van der Waals surface area contributed by atoms with Gasteiger partial charge >= 0.3 is 0 Å². The first-order valence-corrected chi connectivity index (χ1v) is 3.61. The van der Waals surface area contributed by atoms with Crippen LogP contribution in [0.2, 0.25) is 0 Å². The van der Waals surface area contributed by atoms with E-state index in [1.165, 1.54) is 10.8 Å². The quantitative estimate of drug-likeness (QED) is 0.361. The third kappa shape index (κ3) is 4.47. The van der Waals surface area contributed by atoms with Crippen LogP contribution in [0.3, 0.4) is 0 Å². The lowest BCUT2D eigenvalue weighted by molar-refractivity contribution is 1.27. The van der Waals surface area contributed by atoms with Crippen LogP contribution in [-0.2, 0) is 0 Å². The van der Waals surface area contributed by atoms with Crippen molar-refractivity contribution in [1.82, 2.24) is 0 Å². The summed E-state index contributed by atoms with van der Waals surface area (Å²) in [5.41, 5.74) is 0. The lowest BCUT2D eigenvalue weighted by Crippen LogP contribution is -1.60. The van der Waals surface area contributed by atoms with E-state index in [0.29, 0.717) is 0 Å². The summed E-state index contributed by atoms with van der Waals surface area (Å²) < 4.78 is 1.24. The molecule has 0 rings (SSSR count). The van der Waals surface area contributed by atoms with E-state index in [0.717, 1.165) is 0 Å². The fraction of sp³-hybridized carbons (Fsp3) is 0.600. The molecule has 0 aliphatic heterocycles. The Balaban J connectivity index is 2.66. The molecule has 0 unspecified atom stereocenters. The Labute approximate surface area is 52.8 Å². The number of hydrogen-bond donors (Lipinski definition) is 0. The second-order valence-corrected chi connectivity index (χ2v) is 2.13. The molecule has 0 amide bonds. The molecule has 0 spiro atoms. The summed E-state index contributed by atoms with van der Waals surface area (Å²) in [6.07, 6.45) is 5.47. The second kappa shape index (κ2) is 5.47. The standard InChI is InChI=1S/C5H9I/c1-2-3-4-5-6/h2-3H,4-5H2,1H3/b3-2-. The van der Waals surface area contributed by atoms with Crippen molar-refractivity contribution in [3.8, 4) is 0 Å². The van der Waals surface area contributed by atoms with Gasteiger partial charge in [0.1, 0.15) is 0 Å². The van der Waals surface area contributed by atoms with Gasteiger partial charge in [0.05, 0.1) is 0 Å². The summed E-state index contributed by atoms with van der Waals surface area (Å²) >= 11 is 2.36. The van der Waals surface area contributed by atoms with Crippen LogP contribution < -0.4 is 0 Å². The molecule has 0 aromatic carbocycles. The third-order valence-electron chi connectivity index (χ3n) is 0.511. The van der Waals surface area contributed by atoms with Crippen LogP contribution in [0.1, 0.15) is 13.3 Å². The van der Waals surface area contributed by atoms with Gasteiger partial charge in [-0.05, 0) is 13.3 Å². The highest BCUT2D eigenvalue weighted by molar-refractivity contribution is 14.1. The Hall–Kier alpha value is 0.470. The van der Waals surface area contributed by atoms with Gasteiger partial charge in [0.15, 0.2) is 0 Å². The molecule has 0 nitrogen and oxygen atoms in total. The summed E-state index contributed by atoms with van der Waals surface area (Å²) in [4.78, 5) is 0. The Morgan fingerprint density at radius 3 is 2.50 bits per heavy atom. The first-order valence-electron chi connectivity index (χ1n) is 2.09. The summed E-state index contributed by atoms with van der Waals surface area (Å²) in [6, 6.07) is 0. The predicted molar refractivity (Wildman–Crippen MR) is 38.3 cm³/mol. The van der Waals surface area contributed by atoms with Crippen molar-refractivity contribution < 1.29 is 0 Å². The Bertz CT molecular complexity index is 39.2. The molecule has 36 valence electrons. The van der Waals surface area contributed by atoms with Gasteiger partial charge in [0, 0.05) is 4.43 Å². The molecule has 0 bridgehead atoms. The normalized spacial score (nSPS) is 10.3. The Kier molecular flexibility index (Phi) is 5.90. The van der Waals surface area contributed by atoms with E-state index in [2.05, 4.69) is 34.7 Å². The van der Waals surface area contributed by atoms with Crippen molar-refractivity contribution in [2.24, 2.45) is 0 Å². The Morgan fingerprint density at radius 1 is 1.67 bits per heavy atom. The first-order chi connectivity index (χ1) is 2.91. The van der Waals surface area contributed by atoms with Crippen LogP contribution >= 0.6 is 22.6 Å². The van der Waals surface area contributed by atoms with E-state index in [4.69, 9.17) is 0 Å². The smallest absolute Gasteiger partial charge is 0.00299 e. The van der Waals surface area contributed by atoms with Crippen molar-refractivity contribution in [2.45, 2.75) is 13.3 Å². The largest absolute Gasteiger partial charge is 0.0916 e. The van der Waals surface area contributed by atoms with Crippen molar-refractivity contribution >= 4 is 22.6 Å². The molecule has 0 saturated carbocycles. The van der Waals surface area contributed by atoms with E-state index in [1.54, 1.807) is 0 Å². The first kappa shape index (κ1) is 6.47. The number of alkyl halides is 1. The molecule has 0 saturated heterocycles. The Morgan fingerprint density at radius 2 is 2.33 bits per heavy atom. The molecule has 0 aliphatic carbocycles. The molecule has 0 radical (unpaired) electrons. The number of hydrogen-bond acceptors (Lipinski definition) is 0. The van der Waals surface area contributed by atoms with E-state index < -0.39 is 0 Å². The monoisotopic (exact) mass is 196 g/mol. The van der Waals surface area contributed by atoms with E-state index in [-0.39, 0.29) is 0 Å². The molecular weight excluding hydrogens is 187 g/mol. The summed E-state index contributed by atoms with van der Waals surface area (Å²) in [6.45, 7) is 2.05. The summed E-state index contributed by atoms with van der Waals surface area (Å²) in [7, 11) is 0. The number of rotatable bonds is 2. The fourth-order valence-corrected chi connectivity index (χ4v) is 0.589. The van der Waals surface area contributed by atoms with Crippen LogP contribution in [-0.4, -0.2) is 4.43 Å². The van der Waals surface area contributed by atoms with Crippen LogP contribution in [0.4, 0.5) is 0 Å². The third-order valence-corrected chi connectivity index (χ3v) is 1.13. The van der Waals surface area contributed by atoms with E-state index in [1.807, 2.05) is 6.92 Å². The maximum absolute atomic E-state index is 2.36. The number of allylic oxidation sites excluding steroid dienone is 2. The van der Waals surface area contributed by atoms with Crippen molar-refractivity contribution in [1.29, 1.82) is 0 Å². The average Bonchev–Trinajstić information content (AvgIpc) is 1.61. The zero-order chi connectivity index (χ0) is 4.83. The second-order valence-electron chi connectivity index (χ2n) is 1.05. The van der Waals surface area contributed by atoms with Crippen LogP contribution in [0.25, 0.3) is 0 Å². The van der Waals surface area contributed by atoms with Gasteiger partial charge < -0.3 is 0 Å². The maximum Gasteiger partial charge on any atom is 0.00299 e. The van der Waals surface area contributed by atoms with Gasteiger partial charge in [-0.1, -0.05) is 34.7 Å². The maximum atomic E-state index is 2.36. The molecule has 0 aromatic rings. The van der Waals surface area contributed by atoms with Crippen LogP contribution in [0.5, 0.6) is 0 Å². The minimum absolute atomic E-state index is 1.22. The topological polar surface area (TPSA) is 0 Å². The van der Waals surface area contributed by atoms with Crippen LogP contribution in [0, 0.1) is 0 Å². The molecule has 0 heterocycles. The molecule has 0 fully saturated rings. The van der Waals surface area contributed by atoms with Gasteiger partial charge in [0.2, 0.25) is 0 Å². The lowest BCUT2D eigenvalue weighted by atomic mass is 10.4. The minimum Gasteiger partial charge on any atom is -0.0916 e. The fourth-order valence-electron chi connectivity index (χ4n) is 0.230. The predicted octanol–water partition coefficient (Wildman–Crippen LogP) is 2.39. The zero-order valence-corrected chi connectivity index (χ0v) is 6.10. The minimum atomic E-state index is 1.22. The summed E-state index contributed by atoms with van der Waals surface area (Å²) in [5.74, 6) is 0. The molecular formula is C5H9I. The van der Waals surface area contributed by atoms with Gasteiger partial charge in [0.25, 0.3) is 0 Å². The molecule has 6 heavy (non-hydrogen) atoms.